The first-order chi connectivity index (χ1) is 11.0. The maximum Gasteiger partial charge on any atom is 0.137 e. The predicted octanol–water partition coefficient (Wildman–Crippen LogP) is 3.15. The molecule has 0 saturated carbocycles. The first kappa shape index (κ1) is 16.4. The predicted molar refractivity (Wildman–Crippen MR) is 97.5 cm³/mol. The van der Waals surface area contributed by atoms with Crippen LogP contribution in [0.1, 0.15) is 29.0 Å². The van der Waals surface area contributed by atoms with Gasteiger partial charge in [0, 0.05) is 12.0 Å². The van der Waals surface area contributed by atoms with E-state index in [-0.39, 0.29) is 0 Å². The van der Waals surface area contributed by atoms with E-state index in [1.165, 1.54) is 16.7 Å². The molecule has 3 rings (SSSR count). The molecule has 2 radical (unpaired) electrons. The lowest BCUT2D eigenvalue weighted by atomic mass is 9.75. The standard InChI is InChI=1S/C19H21BClNO/c1-22(2)15-8-13-9-18(21)19(23-3)11-17(13)16(10-15)12-5-4-6-14(20)7-12/h4-7,9,11,15-16H,8,10H2,1-3H3/t15-,16-/m1/s1. The Balaban J connectivity index is 2.12. The highest BCUT2D eigenvalue weighted by molar-refractivity contribution is 6.32. The van der Waals surface area contributed by atoms with Crippen molar-refractivity contribution in [1.29, 1.82) is 0 Å². The molecule has 0 spiro atoms. The van der Waals surface area contributed by atoms with Gasteiger partial charge in [-0.2, -0.15) is 0 Å². The van der Waals surface area contributed by atoms with Gasteiger partial charge in [0.1, 0.15) is 13.6 Å². The zero-order chi connectivity index (χ0) is 16.6. The van der Waals surface area contributed by atoms with Crippen LogP contribution in [-0.2, 0) is 6.42 Å². The van der Waals surface area contributed by atoms with Crippen LogP contribution in [0.4, 0.5) is 0 Å². The van der Waals surface area contributed by atoms with E-state index >= 15 is 0 Å². The Morgan fingerprint density at radius 2 is 2.00 bits per heavy atom. The van der Waals surface area contributed by atoms with Crippen LogP contribution in [0.25, 0.3) is 0 Å². The van der Waals surface area contributed by atoms with Crippen molar-refractivity contribution >= 4 is 24.9 Å². The third-order valence-electron chi connectivity index (χ3n) is 4.80. The van der Waals surface area contributed by atoms with Gasteiger partial charge in [-0.05, 0) is 55.8 Å². The second-order valence-corrected chi connectivity index (χ2v) is 6.87. The van der Waals surface area contributed by atoms with Gasteiger partial charge in [-0.1, -0.05) is 41.3 Å². The summed E-state index contributed by atoms with van der Waals surface area (Å²) in [4.78, 5) is 2.29. The highest BCUT2D eigenvalue weighted by Gasteiger charge is 2.30. The number of rotatable bonds is 3. The Morgan fingerprint density at radius 3 is 2.65 bits per heavy atom. The maximum atomic E-state index is 6.35. The molecule has 0 bridgehead atoms. The summed E-state index contributed by atoms with van der Waals surface area (Å²) in [5.74, 6) is 1.04. The van der Waals surface area contributed by atoms with Crippen LogP contribution in [0.5, 0.6) is 5.75 Å². The second kappa shape index (κ2) is 6.58. The van der Waals surface area contributed by atoms with Gasteiger partial charge in [-0.3, -0.25) is 0 Å². The highest BCUT2D eigenvalue weighted by Crippen LogP contribution is 2.41. The molecule has 1 aliphatic carbocycles. The van der Waals surface area contributed by atoms with E-state index in [4.69, 9.17) is 24.2 Å². The Morgan fingerprint density at radius 1 is 1.22 bits per heavy atom. The first-order valence-corrected chi connectivity index (χ1v) is 8.25. The number of methoxy groups -OCH3 is 1. The molecule has 118 valence electrons. The molecule has 4 heteroatoms. The van der Waals surface area contributed by atoms with Crippen molar-refractivity contribution in [2.24, 2.45) is 0 Å². The molecular weight excluding hydrogens is 304 g/mol. The number of likely N-dealkylation sites (N-methyl/N-ethyl adjacent to an activating group) is 1. The monoisotopic (exact) mass is 325 g/mol. The SMILES string of the molecule is [B]c1cccc([C@H]2C[C@H](N(C)C)Cc3cc(Cl)c(OC)cc32)c1. The van der Waals surface area contributed by atoms with Crippen LogP contribution in [-0.4, -0.2) is 40.0 Å². The molecule has 0 fully saturated rings. The average Bonchev–Trinajstić information content (AvgIpc) is 2.52. The zero-order valence-corrected chi connectivity index (χ0v) is 14.6. The van der Waals surface area contributed by atoms with E-state index in [2.05, 4.69) is 43.3 Å². The minimum Gasteiger partial charge on any atom is -0.495 e. The quantitative estimate of drug-likeness (QED) is 0.804. The molecule has 2 aromatic rings. The smallest absolute Gasteiger partial charge is 0.137 e. The normalized spacial score (nSPS) is 20.4. The van der Waals surface area contributed by atoms with E-state index < -0.39 is 0 Å². The fourth-order valence-corrected chi connectivity index (χ4v) is 3.75. The first-order valence-electron chi connectivity index (χ1n) is 7.87. The summed E-state index contributed by atoms with van der Waals surface area (Å²) >= 11 is 6.35. The van der Waals surface area contributed by atoms with Gasteiger partial charge in [0.05, 0.1) is 12.1 Å². The third-order valence-corrected chi connectivity index (χ3v) is 5.09. The number of hydrogen-bond acceptors (Lipinski definition) is 2. The Hall–Kier alpha value is -1.45. The van der Waals surface area contributed by atoms with Gasteiger partial charge in [0.25, 0.3) is 0 Å². The molecule has 0 N–H and O–H groups in total. The van der Waals surface area contributed by atoms with E-state index in [9.17, 15) is 0 Å². The summed E-state index contributed by atoms with van der Waals surface area (Å²) in [5, 5.41) is 0.678. The van der Waals surface area contributed by atoms with Crippen molar-refractivity contribution in [2.75, 3.05) is 21.2 Å². The van der Waals surface area contributed by atoms with Crippen molar-refractivity contribution in [3.63, 3.8) is 0 Å². The van der Waals surface area contributed by atoms with Crippen LogP contribution in [0, 0.1) is 0 Å². The van der Waals surface area contributed by atoms with Gasteiger partial charge in [-0.25, -0.2) is 0 Å². The summed E-state index contributed by atoms with van der Waals surface area (Å²) in [5.41, 5.74) is 4.65. The number of ether oxygens (including phenoxy) is 1. The molecule has 2 atom stereocenters. The lowest BCUT2D eigenvalue weighted by Gasteiger charge is -2.36. The number of hydrogen-bond donors (Lipinski definition) is 0. The van der Waals surface area contributed by atoms with E-state index in [1.54, 1.807) is 7.11 Å². The molecule has 0 aliphatic heterocycles. The number of fused-ring (bicyclic) bond motifs is 1. The number of benzene rings is 2. The van der Waals surface area contributed by atoms with E-state index in [1.807, 2.05) is 12.1 Å². The Bertz CT molecular complexity index is 717. The summed E-state index contributed by atoms with van der Waals surface area (Å²) in [6.07, 6.45) is 2.07. The average molecular weight is 326 g/mol. The molecular formula is C19H21BClNO. The lowest BCUT2D eigenvalue weighted by Crippen LogP contribution is -2.35. The van der Waals surface area contributed by atoms with E-state index in [0.717, 1.165) is 24.1 Å². The summed E-state index contributed by atoms with van der Waals surface area (Å²) < 4.78 is 5.43. The maximum absolute atomic E-state index is 6.35. The fourth-order valence-electron chi connectivity index (χ4n) is 3.49. The zero-order valence-electron chi connectivity index (χ0n) is 13.8. The summed E-state index contributed by atoms with van der Waals surface area (Å²) in [6.45, 7) is 0. The molecule has 0 unspecified atom stereocenters. The van der Waals surface area contributed by atoms with Crippen molar-refractivity contribution in [1.82, 2.24) is 4.90 Å². The van der Waals surface area contributed by atoms with Crippen LogP contribution in [0.3, 0.4) is 0 Å². The largest absolute Gasteiger partial charge is 0.495 e. The topological polar surface area (TPSA) is 12.5 Å². The van der Waals surface area contributed by atoms with Gasteiger partial charge >= 0.3 is 0 Å². The van der Waals surface area contributed by atoms with Crippen molar-refractivity contribution < 1.29 is 4.74 Å². The molecule has 23 heavy (non-hydrogen) atoms. The third kappa shape index (κ3) is 3.27. The molecule has 2 nitrogen and oxygen atoms in total. The summed E-state index contributed by atoms with van der Waals surface area (Å²) in [6, 6.07) is 12.8. The number of nitrogens with zero attached hydrogens (tertiary/aromatic N) is 1. The fraction of sp³-hybridized carbons (Fsp3) is 0.368. The lowest BCUT2D eigenvalue weighted by molar-refractivity contribution is 0.258. The number of halogens is 1. The van der Waals surface area contributed by atoms with Gasteiger partial charge in [0.2, 0.25) is 0 Å². The van der Waals surface area contributed by atoms with Crippen molar-refractivity contribution in [2.45, 2.75) is 24.8 Å². The Labute approximate surface area is 144 Å². The molecule has 0 saturated heterocycles. The minimum absolute atomic E-state index is 0.306. The van der Waals surface area contributed by atoms with Crippen LogP contribution in [0.2, 0.25) is 5.02 Å². The molecule has 0 aromatic heterocycles. The van der Waals surface area contributed by atoms with Crippen LogP contribution in [0.15, 0.2) is 36.4 Å². The molecule has 2 aromatic carbocycles. The molecule has 1 aliphatic rings. The highest BCUT2D eigenvalue weighted by atomic mass is 35.5. The minimum atomic E-state index is 0.306. The van der Waals surface area contributed by atoms with Gasteiger partial charge in [-0.15, -0.1) is 0 Å². The van der Waals surface area contributed by atoms with Gasteiger partial charge < -0.3 is 9.64 Å². The van der Waals surface area contributed by atoms with Gasteiger partial charge in [0.15, 0.2) is 0 Å². The van der Waals surface area contributed by atoms with E-state index in [0.29, 0.717) is 17.0 Å². The summed E-state index contributed by atoms with van der Waals surface area (Å²) in [7, 11) is 11.9. The van der Waals surface area contributed by atoms with Crippen LogP contribution >= 0.6 is 11.6 Å². The van der Waals surface area contributed by atoms with Crippen LogP contribution < -0.4 is 10.2 Å². The Kier molecular flexibility index (Phi) is 4.70. The molecule has 0 amide bonds. The van der Waals surface area contributed by atoms with Crippen molar-refractivity contribution in [3.05, 3.63) is 58.1 Å². The molecule has 0 heterocycles. The van der Waals surface area contributed by atoms with Crippen molar-refractivity contribution in [3.8, 4) is 5.75 Å². The second-order valence-electron chi connectivity index (χ2n) is 6.47.